The number of nitrogens with one attached hydrogen (secondary N) is 1. The molecule has 0 aromatic heterocycles. The second-order valence-electron chi connectivity index (χ2n) is 8.65. The number of nitrogens with zero attached hydrogens (tertiary/aromatic N) is 3. The first kappa shape index (κ1) is 22.6. The van der Waals surface area contributed by atoms with Crippen molar-refractivity contribution in [2.45, 2.75) is 70.7 Å². The summed E-state index contributed by atoms with van der Waals surface area (Å²) in [7, 11) is 0. The maximum Gasteiger partial charge on any atom is 0.264 e. The number of aliphatic hydroxyl groups excluding tert-OH is 2. The minimum absolute atomic E-state index is 0.0119. The molecule has 9 heteroatoms. The van der Waals surface area contributed by atoms with Crippen LogP contribution >= 0.6 is 0 Å². The molecule has 3 aliphatic rings. The van der Waals surface area contributed by atoms with Gasteiger partial charge in [0.05, 0.1) is 12.6 Å². The van der Waals surface area contributed by atoms with Crippen molar-refractivity contribution in [1.82, 2.24) is 14.7 Å². The van der Waals surface area contributed by atoms with Crippen molar-refractivity contribution in [2.24, 2.45) is 11.7 Å². The van der Waals surface area contributed by atoms with E-state index in [4.69, 9.17) is 11.1 Å². The third-order valence-electron chi connectivity index (χ3n) is 6.66. The zero-order valence-electron chi connectivity index (χ0n) is 17.8. The lowest BCUT2D eigenvalue weighted by molar-refractivity contribution is -0.151. The average Bonchev–Trinajstić information content (AvgIpc) is 2.72. The van der Waals surface area contributed by atoms with Crippen LogP contribution in [0, 0.1) is 11.3 Å². The van der Waals surface area contributed by atoms with E-state index in [0.717, 1.165) is 38.5 Å². The fraction of sp³-hybridized carbons (Fsp3) is 0.762. The van der Waals surface area contributed by atoms with Gasteiger partial charge in [0.1, 0.15) is 17.2 Å². The van der Waals surface area contributed by atoms with E-state index in [9.17, 15) is 19.8 Å². The van der Waals surface area contributed by atoms with Crippen LogP contribution in [0.5, 0.6) is 0 Å². The molecule has 30 heavy (non-hydrogen) atoms. The fourth-order valence-electron chi connectivity index (χ4n) is 4.95. The van der Waals surface area contributed by atoms with Gasteiger partial charge < -0.3 is 20.8 Å². The number of carbonyl (C=O) groups is 2. The predicted octanol–water partition coefficient (Wildman–Crippen LogP) is 1.14. The Morgan fingerprint density at radius 2 is 1.80 bits per heavy atom. The number of hydrogen-bond acceptors (Lipinski definition) is 6. The number of amides is 2. The van der Waals surface area contributed by atoms with Crippen molar-refractivity contribution < 1.29 is 19.8 Å². The van der Waals surface area contributed by atoms with E-state index >= 15 is 0 Å². The summed E-state index contributed by atoms with van der Waals surface area (Å²) in [5, 5.41) is 30.3. The largest absolute Gasteiger partial charge is 0.510 e. The molecule has 2 unspecified atom stereocenters. The molecule has 0 bridgehead atoms. The molecule has 3 rings (SSSR count). The van der Waals surface area contributed by atoms with Crippen LogP contribution in [0.1, 0.15) is 58.3 Å². The van der Waals surface area contributed by atoms with Gasteiger partial charge in [0.25, 0.3) is 5.91 Å². The highest BCUT2D eigenvalue weighted by Crippen LogP contribution is 2.29. The summed E-state index contributed by atoms with van der Waals surface area (Å²) in [5.41, 5.74) is 5.43. The Hall–Kier alpha value is -2.13. The molecule has 5 N–H and O–H groups in total. The topological polar surface area (TPSA) is 134 Å². The monoisotopic (exact) mass is 421 g/mol. The molecule has 3 fully saturated rings. The molecular weight excluding hydrogens is 386 g/mol. The number of likely N-dealkylation sites (tertiary alicyclic amines) is 1. The van der Waals surface area contributed by atoms with Gasteiger partial charge in [0.2, 0.25) is 12.3 Å². The fourth-order valence-corrected chi connectivity index (χ4v) is 4.95. The molecular formula is C21H35N5O4. The molecule has 2 atom stereocenters. The van der Waals surface area contributed by atoms with E-state index < -0.39 is 24.2 Å². The molecule has 2 aliphatic heterocycles. The van der Waals surface area contributed by atoms with Crippen LogP contribution in [0.15, 0.2) is 11.3 Å². The van der Waals surface area contributed by atoms with E-state index in [-0.39, 0.29) is 30.3 Å². The molecule has 0 aromatic carbocycles. The summed E-state index contributed by atoms with van der Waals surface area (Å²) in [4.78, 5) is 29.3. The normalized spacial score (nSPS) is 28.7. The maximum absolute atomic E-state index is 13.0. The van der Waals surface area contributed by atoms with Gasteiger partial charge in [-0.1, -0.05) is 25.7 Å². The Balaban J connectivity index is 1.85. The van der Waals surface area contributed by atoms with Crippen LogP contribution in [0.2, 0.25) is 0 Å². The van der Waals surface area contributed by atoms with E-state index in [1.807, 2.05) is 0 Å². The highest BCUT2D eigenvalue weighted by Gasteiger charge is 2.42. The number of piperidine rings is 1. The van der Waals surface area contributed by atoms with E-state index in [0.29, 0.717) is 25.4 Å². The van der Waals surface area contributed by atoms with Crippen LogP contribution < -0.4 is 5.73 Å². The molecule has 9 nitrogen and oxygen atoms in total. The van der Waals surface area contributed by atoms with Crippen LogP contribution in [0.4, 0.5) is 0 Å². The molecule has 0 radical (unpaired) electrons. The second kappa shape index (κ2) is 9.78. The first-order valence-corrected chi connectivity index (χ1v) is 11.1. The summed E-state index contributed by atoms with van der Waals surface area (Å²) in [6.07, 6.45) is 6.74. The zero-order valence-corrected chi connectivity index (χ0v) is 17.8. The smallest absolute Gasteiger partial charge is 0.264 e. The van der Waals surface area contributed by atoms with Crippen molar-refractivity contribution in [3.63, 3.8) is 0 Å². The van der Waals surface area contributed by atoms with Gasteiger partial charge in [-0.2, -0.15) is 0 Å². The van der Waals surface area contributed by atoms with Crippen molar-refractivity contribution in [3.05, 3.63) is 11.3 Å². The van der Waals surface area contributed by atoms with Gasteiger partial charge in [-0.05, 0) is 45.1 Å². The number of carbonyl (C=O) groups excluding carboxylic acids is 2. The first-order valence-electron chi connectivity index (χ1n) is 11.1. The second-order valence-corrected chi connectivity index (χ2v) is 8.65. The Morgan fingerprint density at radius 3 is 2.43 bits per heavy atom. The lowest BCUT2D eigenvalue weighted by Gasteiger charge is -2.44. The van der Waals surface area contributed by atoms with E-state index in [1.54, 1.807) is 11.8 Å². The molecule has 168 valence electrons. The highest BCUT2D eigenvalue weighted by atomic mass is 16.3. The molecule has 1 aliphatic carbocycles. The van der Waals surface area contributed by atoms with Crippen molar-refractivity contribution >= 4 is 17.6 Å². The molecule has 0 aromatic rings. The Bertz CT molecular complexity index is 704. The van der Waals surface area contributed by atoms with Gasteiger partial charge >= 0.3 is 0 Å². The number of aliphatic hydroxyl groups is 2. The number of likely N-dealkylation sites (N-methyl/N-ethyl adjacent to an activating group) is 1. The molecule has 0 spiro atoms. The van der Waals surface area contributed by atoms with Gasteiger partial charge in [0.15, 0.2) is 0 Å². The summed E-state index contributed by atoms with van der Waals surface area (Å²) in [5.74, 6) is -1.03. The van der Waals surface area contributed by atoms with Crippen molar-refractivity contribution in [3.8, 4) is 0 Å². The summed E-state index contributed by atoms with van der Waals surface area (Å²) >= 11 is 0. The zero-order chi connectivity index (χ0) is 21.8. The minimum atomic E-state index is -1.21. The Kier molecular flexibility index (Phi) is 7.36. The lowest BCUT2D eigenvalue weighted by atomic mass is 9.88. The van der Waals surface area contributed by atoms with Crippen LogP contribution in [-0.2, 0) is 9.59 Å². The van der Waals surface area contributed by atoms with Crippen molar-refractivity contribution in [1.29, 1.82) is 5.41 Å². The van der Waals surface area contributed by atoms with Gasteiger partial charge in [-0.25, -0.2) is 0 Å². The number of primary amides is 1. The summed E-state index contributed by atoms with van der Waals surface area (Å²) in [6.45, 7) is 3.09. The third-order valence-corrected chi connectivity index (χ3v) is 6.66. The number of hydrogen-bond donors (Lipinski definition) is 4. The van der Waals surface area contributed by atoms with E-state index in [2.05, 4.69) is 0 Å². The lowest BCUT2D eigenvalue weighted by Crippen LogP contribution is -2.61. The van der Waals surface area contributed by atoms with Crippen LogP contribution in [0.25, 0.3) is 0 Å². The van der Waals surface area contributed by atoms with Crippen molar-refractivity contribution in [2.75, 3.05) is 26.2 Å². The highest BCUT2D eigenvalue weighted by molar-refractivity contribution is 6.21. The van der Waals surface area contributed by atoms with Gasteiger partial charge in [0, 0.05) is 13.1 Å². The number of amidine groups is 1. The number of nitrogens with two attached hydrogens (primary N) is 1. The minimum Gasteiger partial charge on any atom is -0.510 e. The maximum atomic E-state index is 13.0. The average molecular weight is 422 g/mol. The standard InChI is InChI=1S/C21H35N5O4/c1-2-25-20(29)17(16(27)13-24-11-7-6-10-15(24)19(23)28)18(22)26(21(25)30)12-14-8-4-3-5-9-14/h14-15,21-22,27,30H,2-13H2,1H3,(H2,23,28). The predicted molar refractivity (Wildman–Crippen MR) is 112 cm³/mol. The van der Waals surface area contributed by atoms with Crippen LogP contribution in [-0.4, -0.2) is 81.1 Å². The van der Waals surface area contributed by atoms with E-state index in [1.165, 1.54) is 16.2 Å². The summed E-state index contributed by atoms with van der Waals surface area (Å²) in [6, 6.07) is -0.486. The Morgan fingerprint density at radius 1 is 1.13 bits per heavy atom. The third kappa shape index (κ3) is 4.62. The van der Waals surface area contributed by atoms with Crippen LogP contribution in [0.3, 0.4) is 0 Å². The Labute approximate surface area is 178 Å². The molecule has 1 saturated carbocycles. The molecule has 2 heterocycles. The summed E-state index contributed by atoms with van der Waals surface area (Å²) < 4.78 is 0. The van der Waals surface area contributed by atoms with Gasteiger partial charge in [-0.15, -0.1) is 0 Å². The number of rotatable bonds is 6. The first-order chi connectivity index (χ1) is 14.3. The quantitative estimate of drug-likeness (QED) is 0.375. The van der Waals surface area contributed by atoms with Gasteiger partial charge in [-0.3, -0.25) is 24.8 Å². The molecule has 2 amide bonds. The SMILES string of the molecule is CCN1C(=O)C(=C(O)CN2CCCCC2C(N)=O)C(=N)N(CC2CCCCC2)C1O. The molecule has 2 saturated heterocycles.